The molecular weight excluding hydrogens is 286 g/mol. The average molecular weight is 297 g/mol. The summed E-state index contributed by atoms with van der Waals surface area (Å²) < 4.78 is 0. The topological polar surface area (TPSA) is 129 Å². The van der Waals surface area contributed by atoms with E-state index in [0.717, 1.165) is 11.8 Å². The molecule has 0 bridgehead atoms. The number of carbonyl (C=O) groups excluding carboxylic acids is 1. The molecule has 110 valence electrons. The van der Waals surface area contributed by atoms with Crippen molar-refractivity contribution in [1.29, 1.82) is 0 Å². The highest BCUT2D eigenvalue weighted by molar-refractivity contribution is 5.91. The van der Waals surface area contributed by atoms with Crippen LogP contribution in [0.4, 0.5) is 0 Å². The highest BCUT2D eigenvalue weighted by Gasteiger charge is 2.09. The Hall–Kier alpha value is -3.36. The molecule has 0 aliphatic heterocycles. The molecule has 0 saturated heterocycles. The van der Waals surface area contributed by atoms with Crippen molar-refractivity contribution < 1.29 is 4.79 Å². The second kappa shape index (κ2) is 5.95. The predicted molar refractivity (Wildman–Crippen MR) is 75.6 cm³/mol. The van der Waals surface area contributed by atoms with Gasteiger partial charge in [0.15, 0.2) is 5.82 Å². The molecule has 0 spiro atoms. The van der Waals surface area contributed by atoms with Crippen molar-refractivity contribution in [3.05, 3.63) is 58.8 Å². The number of carbonyl (C=O) groups is 1. The number of nitrogens with zero attached hydrogens (tertiary/aromatic N) is 4. The minimum absolute atomic E-state index is 0.0846. The quantitative estimate of drug-likeness (QED) is 0.615. The van der Waals surface area contributed by atoms with Gasteiger partial charge in [-0.05, 0) is 12.1 Å². The Kier molecular flexibility index (Phi) is 3.69. The number of amides is 1. The lowest BCUT2D eigenvalue weighted by atomic mass is 10.2. The van der Waals surface area contributed by atoms with Gasteiger partial charge in [-0.15, -0.1) is 0 Å². The first-order valence-corrected chi connectivity index (χ1v) is 6.36. The summed E-state index contributed by atoms with van der Waals surface area (Å²) in [5.41, 5.74) is 0.467. The summed E-state index contributed by atoms with van der Waals surface area (Å²) in [6.07, 6.45) is 5.66. The molecule has 22 heavy (non-hydrogen) atoms. The van der Waals surface area contributed by atoms with Gasteiger partial charge in [0.1, 0.15) is 11.5 Å². The van der Waals surface area contributed by atoms with Gasteiger partial charge >= 0.3 is 0 Å². The second-order valence-electron chi connectivity index (χ2n) is 4.33. The summed E-state index contributed by atoms with van der Waals surface area (Å²) in [6, 6.07) is 3.57. The molecule has 9 nitrogen and oxygen atoms in total. The number of rotatable bonds is 4. The van der Waals surface area contributed by atoms with Crippen molar-refractivity contribution in [2.24, 2.45) is 0 Å². The zero-order valence-electron chi connectivity index (χ0n) is 11.3. The highest BCUT2D eigenvalue weighted by atomic mass is 16.2. The molecule has 0 atom stereocenters. The van der Waals surface area contributed by atoms with Gasteiger partial charge in [0.05, 0.1) is 18.9 Å². The van der Waals surface area contributed by atoms with E-state index in [1.807, 2.05) is 0 Å². The third-order valence-corrected chi connectivity index (χ3v) is 2.78. The van der Waals surface area contributed by atoms with Gasteiger partial charge in [0.25, 0.3) is 11.5 Å². The fraction of sp³-hybridized carbons (Fsp3) is 0.0769. The zero-order chi connectivity index (χ0) is 15.4. The Bertz CT molecular complexity index is 841. The maximum Gasteiger partial charge on any atom is 0.269 e. The van der Waals surface area contributed by atoms with E-state index in [1.165, 1.54) is 6.20 Å². The molecule has 0 saturated carbocycles. The summed E-state index contributed by atoms with van der Waals surface area (Å²) in [5.74, 6) is 0.555. The normalized spacial score (nSPS) is 10.4. The number of aromatic nitrogens is 6. The fourth-order valence-electron chi connectivity index (χ4n) is 1.76. The minimum Gasteiger partial charge on any atom is -0.343 e. The lowest BCUT2D eigenvalue weighted by molar-refractivity contribution is 0.0944. The van der Waals surface area contributed by atoms with Crippen molar-refractivity contribution in [3.8, 4) is 11.4 Å². The number of hydrogen-bond acceptors (Lipinski definition) is 6. The highest BCUT2D eigenvalue weighted by Crippen LogP contribution is 2.12. The third kappa shape index (κ3) is 3.03. The van der Waals surface area contributed by atoms with Crippen LogP contribution in [0.5, 0.6) is 0 Å². The number of H-pyrrole nitrogens is 2. The molecule has 3 rings (SSSR count). The second-order valence-corrected chi connectivity index (χ2v) is 4.33. The smallest absolute Gasteiger partial charge is 0.269 e. The van der Waals surface area contributed by atoms with Gasteiger partial charge in [0, 0.05) is 18.0 Å². The number of hydrogen-bond donors (Lipinski definition) is 3. The molecule has 9 heteroatoms. The van der Waals surface area contributed by atoms with E-state index in [-0.39, 0.29) is 12.2 Å². The van der Waals surface area contributed by atoms with Crippen molar-refractivity contribution >= 4 is 5.91 Å². The van der Waals surface area contributed by atoms with E-state index < -0.39 is 11.5 Å². The van der Waals surface area contributed by atoms with E-state index in [4.69, 9.17) is 0 Å². The van der Waals surface area contributed by atoms with Crippen LogP contribution in [0.2, 0.25) is 0 Å². The summed E-state index contributed by atoms with van der Waals surface area (Å²) in [5, 5.41) is 9.42. The van der Waals surface area contributed by atoms with Gasteiger partial charge in [-0.1, -0.05) is 0 Å². The fourth-order valence-corrected chi connectivity index (χ4v) is 1.76. The molecule has 3 aromatic heterocycles. The minimum atomic E-state index is -0.452. The van der Waals surface area contributed by atoms with Crippen molar-refractivity contribution in [2.75, 3.05) is 0 Å². The van der Waals surface area contributed by atoms with E-state index in [0.29, 0.717) is 11.6 Å². The predicted octanol–water partition coefficient (Wildman–Crippen LogP) is -0.120. The number of pyridine rings is 1. The van der Waals surface area contributed by atoms with Crippen LogP contribution in [0.25, 0.3) is 11.4 Å². The van der Waals surface area contributed by atoms with Crippen LogP contribution in [-0.4, -0.2) is 36.0 Å². The van der Waals surface area contributed by atoms with E-state index in [2.05, 4.69) is 35.5 Å². The first-order chi connectivity index (χ1) is 10.7. The maximum atomic E-state index is 11.9. The standard InChI is InChI=1S/C13H11N7O2/c21-11-7-15-5-9(17-11)13(22)16-6-10-18-12(20-19-10)8-1-3-14-4-2-8/h1-5,7H,6H2,(H,16,22)(H,17,21)(H,18,19,20). The molecule has 3 aromatic rings. The van der Waals surface area contributed by atoms with Crippen LogP contribution in [0.3, 0.4) is 0 Å². The largest absolute Gasteiger partial charge is 0.343 e. The molecule has 0 fully saturated rings. The zero-order valence-corrected chi connectivity index (χ0v) is 11.3. The van der Waals surface area contributed by atoms with Crippen molar-refractivity contribution in [3.63, 3.8) is 0 Å². The Morgan fingerprint density at radius 2 is 2.00 bits per heavy atom. The number of nitrogens with one attached hydrogen (secondary N) is 3. The number of aromatic amines is 2. The molecule has 0 aromatic carbocycles. The van der Waals surface area contributed by atoms with E-state index in [1.54, 1.807) is 24.5 Å². The van der Waals surface area contributed by atoms with Gasteiger partial charge in [-0.3, -0.25) is 24.7 Å². The average Bonchev–Trinajstić information content (AvgIpc) is 3.02. The SMILES string of the molecule is O=C(NCc1nc(-c2ccncc2)n[nH]1)c1cncc(=O)[nH]1. The van der Waals surface area contributed by atoms with E-state index >= 15 is 0 Å². The molecule has 0 aliphatic rings. The van der Waals surface area contributed by atoms with Gasteiger partial charge in [-0.2, -0.15) is 5.10 Å². The lowest BCUT2D eigenvalue weighted by Crippen LogP contribution is -2.26. The van der Waals surface area contributed by atoms with Crippen LogP contribution < -0.4 is 10.9 Å². The maximum absolute atomic E-state index is 11.9. The van der Waals surface area contributed by atoms with Gasteiger partial charge < -0.3 is 10.3 Å². The third-order valence-electron chi connectivity index (χ3n) is 2.78. The van der Waals surface area contributed by atoms with Crippen LogP contribution in [0.15, 0.2) is 41.7 Å². The lowest BCUT2D eigenvalue weighted by Gasteiger charge is -2.01. The van der Waals surface area contributed by atoms with Crippen LogP contribution in [-0.2, 0) is 6.54 Å². The van der Waals surface area contributed by atoms with Gasteiger partial charge in [0.2, 0.25) is 0 Å². The summed E-state index contributed by atoms with van der Waals surface area (Å²) in [7, 11) is 0. The van der Waals surface area contributed by atoms with Crippen molar-refractivity contribution in [2.45, 2.75) is 6.54 Å². The molecule has 0 unspecified atom stereocenters. The van der Waals surface area contributed by atoms with Crippen LogP contribution in [0, 0.1) is 0 Å². The Morgan fingerprint density at radius 1 is 1.18 bits per heavy atom. The molecule has 0 aliphatic carbocycles. The Balaban J connectivity index is 1.66. The molecule has 0 radical (unpaired) electrons. The monoisotopic (exact) mass is 297 g/mol. The molecule has 1 amide bonds. The summed E-state index contributed by atoms with van der Waals surface area (Å²) in [4.78, 5) is 37.2. The first-order valence-electron chi connectivity index (χ1n) is 6.36. The summed E-state index contributed by atoms with van der Waals surface area (Å²) >= 11 is 0. The van der Waals surface area contributed by atoms with Crippen LogP contribution in [0.1, 0.15) is 16.3 Å². The van der Waals surface area contributed by atoms with Crippen LogP contribution >= 0.6 is 0 Å². The Morgan fingerprint density at radius 3 is 2.77 bits per heavy atom. The van der Waals surface area contributed by atoms with Gasteiger partial charge in [-0.25, -0.2) is 4.98 Å². The molecule has 3 N–H and O–H groups in total. The Labute approximate surface area is 123 Å². The molecular formula is C13H11N7O2. The first kappa shape index (κ1) is 13.6. The van der Waals surface area contributed by atoms with E-state index in [9.17, 15) is 9.59 Å². The molecule has 3 heterocycles. The van der Waals surface area contributed by atoms with Crippen molar-refractivity contribution in [1.82, 2.24) is 35.5 Å². The summed E-state index contributed by atoms with van der Waals surface area (Å²) in [6.45, 7) is 0.147.